The average molecular weight is 157 g/mol. The van der Waals surface area contributed by atoms with Gasteiger partial charge in [0.15, 0.2) is 0 Å². The van der Waals surface area contributed by atoms with E-state index in [1.807, 2.05) is 0 Å². The van der Waals surface area contributed by atoms with Crippen LogP contribution in [-0.4, -0.2) is 0 Å². The van der Waals surface area contributed by atoms with Crippen LogP contribution in [0.15, 0.2) is 11.6 Å². The lowest BCUT2D eigenvalue weighted by Crippen LogP contribution is -1.70. The van der Waals surface area contributed by atoms with E-state index in [1.54, 1.807) is 0 Å². The van der Waals surface area contributed by atoms with Crippen molar-refractivity contribution in [2.24, 2.45) is 0 Å². The molecule has 0 amide bonds. The van der Waals surface area contributed by atoms with E-state index in [-0.39, 0.29) is 0 Å². The number of allylic oxidation sites excluding steroid dienone is 1. The topological polar surface area (TPSA) is 0 Å². The monoisotopic (exact) mass is 156 g/mol. The Labute approximate surface area is 68.3 Å². The van der Waals surface area contributed by atoms with Crippen LogP contribution in [0, 0.1) is 11.8 Å². The molecule has 0 radical (unpaired) electrons. The highest BCUT2D eigenvalue weighted by Gasteiger charge is 1.80. The molecule has 0 atom stereocenters. The second kappa shape index (κ2) is 6.71. The average Bonchev–Trinajstić information content (AvgIpc) is 1.87. The van der Waals surface area contributed by atoms with Gasteiger partial charge in [-0.25, -0.2) is 0 Å². The maximum atomic E-state index is 5.42. The summed E-state index contributed by atoms with van der Waals surface area (Å²) in [5.41, 5.74) is 0. The van der Waals surface area contributed by atoms with Crippen LogP contribution in [0.3, 0.4) is 0 Å². The summed E-state index contributed by atoms with van der Waals surface area (Å²) in [4.78, 5) is 0. The molecule has 0 nitrogen and oxygen atoms in total. The smallest absolute Gasteiger partial charge is 0.0832 e. The van der Waals surface area contributed by atoms with Crippen molar-refractivity contribution in [3.8, 4) is 11.8 Å². The van der Waals surface area contributed by atoms with Crippen molar-refractivity contribution in [3.05, 3.63) is 11.6 Å². The minimum Gasteiger partial charge on any atom is -0.0970 e. The minimum atomic E-state index is 0.441. The molecule has 0 aliphatic carbocycles. The maximum Gasteiger partial charge on any atom is 0.0832 e. The first kappa shape index (κ1) is 9.59. The van der Waals surface area contributed by atoms with Gasteiger partial charge in [-0.15, -0.1) is 0 Å². The first-order valence-corrected chi connectivity index (χ1v) is 3.98. The molecule has 0 unspecified atom stereocenters. The molecule has 56 valence electrons. The molecule has 0 heterocycles. The summed E-state index contributed by atoms with van der Waals surface area (Å²) in [7, 11) is 0. The van der Waals surface area contributed by atoms with Crippen molar-refractivity contribution in [3.63, 3.8) is 0 Å². The molecule has 0 spiro atoms. The van der Waals surface area contributed by atoms with Crippen molar-refractivity contribution in [2.45, 2.75) is 32.6 Å². The van der Waals surface area contributed by atoms with Gasteiger partial charge in [0.2, 0.25) is 0 Å². The van der Waals surface area contributed by atoms with Gasteiger partial charge in [-0.2, -0.15) is 0 Å². The Morgan fingerprint density at radius 2 is 2.20 bits per heavy atom. The highest BCUT2D eigenvalue weighted by Crippen LogP contribution is 1.98. The van der Waals surface area contributed by atoms with E-state index in [9.17, 15) is 0 Å². The molecule has 1 heteroatoms. The summed E-state index contributed by atoms with van der Waals surface area (Å²) in [6.45, 7) is 5.64. The number of hydrogen-bond donors (Lipinski definition) is 0. The predicted octanol–water partition coefficient (Wildman–Crippen LogP) is 3.32. The van der Waals surface area contributed by atoms with Crippen LogP contribution < -0.4 is 0 Å². The molecule has 0 saturated heterocycles. The van der Waals surface area contributed by atoms with Gasteiger partial charge in [-0.1, -0.05) is 49.8 Å². The van der Waals surface area contributed by atoms with Crippen LogP contribution in [-0.2, 0) is 0 Å². The Morgan fingerprint density at radius 3 is 2.70 bits per heavy atom. The number of halogens is 1. The lowest BCUT2D eigenvalue weighted by molar-refractivity contribution is 0.737. The quantitative estimate of drug-likeness (QED) is 0.435. The van der Waals surface area contributed by atoms with Gasteiger partial charge in [0, 0.05) is 6.42 Å². The second-order valence-electron chi connectivity index (χ2n) is 2.16. The molecule has 0 aliphatic heterocycles. The summed E-state index contributed by atoms with van der Waals surface area (Å²) < 4.78 is 0. The summed E-state index contributed by atoms with van der Waals surface area (Å²) in [6.07, 6.45) is 4.61. The predicted molar refractivity (Wildman–Crippen MR) is 46.9 cm³/mol. The van der Waals surface area contributed by atoms with Gasteiger partial charge in [0.25, 0.3) is 0 Å². The van der Waals surface area contributed by atoms with E-state index in [4.69, 9.17) is 11.6 Å². The Balaban J connectivity index is 3.20. The number of unbranched alkanes of at least 4 members (excludes halogenated alkanes) is 3. The van der Waals surface area contributed by atoms with Gasteiger partial charge in [0.1, 0.15) is 0 Å². The minimum absolute atomic E-state index is 0.441. The largest absolute Gasteiger partial charge is 0.0970 e. The molecule has 0 saturated carbocycles. The van der Waals surface area contributed by atoms with E-state index < -0.39 is 0 Å². The molecule has 0 rings (SSSR count). The highest BCUT2D eigenvalue weighted by molar-refractivity contribution is 6.31. The van der Waals surface area contributed by atoms with Gasteiger partial charge in [-0.3, -0.25) is 0 Å². The van der Waals surface area contributed by atoms with Gasteiger partial charge in [-0.05, 0) is 6.42 Å². The fraction of sp³-hybridized carbons (Fsp3) is 0.556. The molecule has 0 aromatic carbocycles. The first-order chi connectivity index (χ1) is 4.77. The lowest BCUT2D eigenvalue weighted by atomic mass is 10.2. The summed E-state index contributed by atoms with van der Waals surface area (Å²) in [6, 6.07) is 0. The van der Waals surface area contributed by atoms with Gasteiger partial charge >= 0.3 is 0 Å². The van der Waals surface area contributed by atoms with Gasteiger partial charge < -0.3 is 0 Å². The highest BCUT2D eigenvalue weighted by atomic mass is 35.5. The molecule has 10 heavy (non-hydrogen) atoms. The van der Waals surface area contributed by atoms with Crippen LogP contribution in [0.5, 0.6) is 0 Å². The third-order valence-electron chi connectivity index (χ3n) is 1.13. The van der Waals surface area contributed by atoms with Crippen LogP contribution in [0.25, 0.3) is 0 Å². The van der Waals surface area contributed by atoms with E-state index >= 15 is 0 Å². The fourth-order valence-corrected chi connectivity index (χ4v) is 0.689. The molecule has 0 bridgehead atoms. The summed E-state index contributed by atoms with van der Waals surface area (Å²) >= 11 is 5.42. The van der Waals surface area contributed by atoms with Crippen LogP contribution in [0.1, 0.15) is 32.6 Å². The molecule has 0 aromatic rings. The van der Waals surface area contributed by atoms with E-state index in [1.165, 1.54) is 19.3 Å². The van der Waals surface area contributed by atoms with Crippen molar-refractivity contribution in [1.82, 2.24) is 0 Å². The van der Waals surface area contributed by atoms with E-state index in [2.05, 4.69) is 25.3 Å². The summed E-state index contributed by atoms with van der Waals surface area (Å²) in [5.74, 6) is 5.66. The molecule has 0 aromatic heterocycles. The third kappa shape index (κ3) is 7.59. The second-order valence-corrected chi connectivity index (χ2v) is 2.62. The Hall–Kier alpha value is -0.410. The zero-order valence-corrected chi connectivity index (χ0v) is 7.17. The van der Waals surface area contributed by atoms with E-state index in [0.29, 0.717) is 5.03 Å². The van der Waals surface area contributed by atoms with Gasteiger partial charge in [0.05, 0.1) is 5.03 Å². The standard InChI is InChI=1S/C9H13Cl/c1-3-4-5-6-7-8-9(2)10/h2-6H2,1H3. The van der Waals surface area contributed by atoms with Crippen molar-refractivity contribution in [2.75, 3.05) is 0 Å². The third-order valence-corrected chi connectivity index (χ3v) is 1.22. The van der Waals surface area contributed by atoms with Crippen LogP contribution in [0.2, 0.25) is 0 Å². The van der Waals surface area contributed by atoms with Crippen molar-refractivity contribution in [1.29, 1.82) is 0 Å². The SMILES string of the molecule is C=C(Cl)C#CCCCCC. The Morgan fingerprint density at radius 1 is 1.50 bits per heavy atom. The zero-order chi connectivity index (χ0) is 7.82. The molecule has 0 aliphatic rings. The Kier molecular flexibility index (Phi) is 6.43. The molecular weight excluding hydrogens is 144 g/mol. The number of hydrogen-bond acceptors (Lipinski definition) is 0. The normalized spacial score (nSPS) is 8.20. The Bertz CT molecular complexity index is 148. The maximum absolute atomic E-state index is 5.42. The molecular formula is C9H13Cl. The lowest BCUT2D eigenvalue weighted by Gasteiger charge is -1.87. The van der Waals surface area contributed by atoms with Crippen LogP contribution in [0.4, 0.5) is 0 Å². The first-order valence-electron chi connectivity index (χ1n) is 3.60. The van der Waals surface area contributed by atoms with E-state index in [0.717, 1.165) is 6.42 Å². The fourth-order valence-electron chi connectivity index (χ4n) is 0.622. The summed E-state index contributed by atoms with van der Waals surface area (Å²) in [5, 5.41) is 0.441. The number of rotatable bonds is 3. The zero-order valence-electron chi connectivity index (χ0n) is 6.41. The van der Waals surface area contributed by atoms with Crippen LogP contribution >= 0.6 is 11.6 Å². The van der Waals surface area contributed by atoms with Crippen molar-refractivity contribution >= 4 is 11.6 Å². The molecule has 0 fully saturated rings. The molecule has 0 N–H and O–H groups in total. The van der Waals surface area contributed by atoms with Crippen molar-refractivity contribution < 1.29 is 0 Å².